The number of nitrogens with one attached hydrogen (secondary N) is 2. The number of hydrogen-bond donors (Lipinski definition) is 5. The van der Waals surface area contributed by atoms with Crippen molar-refractivity contribution >= 4 is 47.0 Å². The zero-order chi connectivity index (χ0) is 44.7. The van der Waals surface area contributed by atoms with E-state index in [0.29, 0.717) is 11.1 Å². The molecule has 22 nitrogen and oxygen atoms in total. The molecule has 2 aliphatic rings. The minimum absolute atomic E-state index is 0.000225. The predicted octanol–water partition coefficient (Wildman–Crippen LogP) is 1.49. The highest BCUT2D eigenvalue weighted by molar-refractivity contribution is 6.21. The number of methoxy groups -OCH3 is 2. The summed E-state index contributed by atoms with van der Waals surface area (Å²) in [6.07, 6.45) is 0. The summed E-state index contributed by atoms with van der Waals surface area (Å²) in [5.74, 6) is -3.72. The fraction of sp³-hybridized carbons (Fsp3) is 0.263. The Hall–Kier alpha value is -8.18. The Kier molecular flexibility index (Phi) is 10.9. The molecule has 2 aromatic carbocycles. The first-order chi connectivity index (χ1) is 29.5. The van der Waals surface area contributed by atoms with Crippen LogP contribution >= 0.6 is 0 Å². The molecule has 2 atom stereocenters. The van der Waals surface area contributed by atoms with Gasteiger partial charge in [-0.25, -0.2) is 38.1 Å². The zero-order valence-electron chi connectivity index (χ0n) is 33.6. The number of hydrogen-bond acceptors (Lipinski definition) is 17. The molecule has 4 aromatic heterocycles. The van der Waals surface area contributed by atoms with Crippen molar-refractivity contribution < 1.29 is 42.2 Å². The van der Waals surface area contributed by atoms with Gasteiger partial charge < -0.3 is 42.0 Å². The number of esters is 1. The van der Waals surface area contributed by atoms with E-state index in [0.717, 1.165) is 0 Å². The lowest BCUT2D eigenvalue weighted by Gasteiger charge is -2.20. The average Bonchev–Trinajstić information content (AvgIpc) is 3.98. The van der Waals surface area contributed by atoms with Crippen LogP contribution in [0.1, 0.15) is 43.0 Å². The molecule has 320 valence electrons. The van der Waals surface area contributed by atoms with Gasteiger partial charge in [-0.15, -0.1) is 10.2 Å². The Labute approximate surface area is 349 Å². The van der Waals surface area contributed by atoms with Crippen molar-refractivity contribution in [2.75, 3.05) is 42.9 Å². The number of carbonyl (C=O) groups excluding carboxylic acids is 4. The number of nitrogen functional groups attached to an aromatic ring is 2. The summed E-state index contributed by atoms with van der Waals surface area (Å²) in [4.78, 5) is 74.5. The molecule has 0 fully saturated rings. The van der Waals surface area contributed by atoms with Crippen LogP contribution in [0.25, 0.3) is 23.3 Å². The van der Waals surface area contributed by atoms with Crippen LogP contribution in [0.15, 0.2) is 48.5 Å². The first kappa shape index (κ1) is 42.0. The lowest BCUT2D eigenvalue weighted by Crippen LogP contribution is -2.44. The molecule has 8 N–H and O–H groups in total. The summed E-state index contributed by atoms with van der Waals surface area (Å²) in [7, 11) is 2.79. The molecular formula is C38H37F2N15O7. The van der Waals surface area contributed by atoms with E-state index in [2.05, 4.69) is 50.7 Å². The Balaban J connectivity index is 0.000000187. The molecule has 3 amide bonds. The maximum absolute atomic E-state index is 14.1. The van der Waals surface area contributed by atoms with E-state index in [1.54, 1.807) is 43.3 Å². The summed E-state index contributed by atoms with van der Waals surface area (Å²) in [5.41, 5.74) is 15.1. The van der Waals surface area contributed by atoms with Crippen molar-refractivity contribution in [1.82, 2.24) is 49.5 Å². The van der Waals surface area contributed by atoms with Crippen LogP contribution in [0, 0.1) is 11.6 Å². The van der Waals surface area contributed by atoms with E-state index >= 15 is 0 Å². The summed E-state index contributed by atoms with van der Waals surface area (Å²) in [6, 6.07) is 12.7. The normalized spacial score (nSPS) is 17.3. The van der Waals surface area contributed by atoms with E-state index in [4.69, 9.17) is 31.4 Å². The number of amides is 3. The van der Waals surface area contributed by atoms with Crippen LogP contribution in [-0.4, -0.2) is 94.0 Å². The van der Waals surface area contributed by atoms with Gasteiger partial charge in [0, 0.05) is 11.1 Å². The molecule has 2 unspecified atom stereocenters. The Morgan fingerprint density at radius 1 is 0.677 bits per heavy atom. The Morgan fingerprint density at radius 3 is 1.50 bits per heavy atom. The van der Waals surface area contributed by atoms with Crippen molar-refractivity contribution in [2.24, 2.45) is 5.73 Å². The molecule has 24 heteroatoms. The number of aromatic nitrogens is 10. The summed E-state index contributed by atoms with van der Waals surface area (Å²) in [6.45, 7) is 4.59. The first-order valence-electron chi connectivity index (χ1n) is 18.5. The van der Waals surface area contributed by atoms with Gasteiger partial charge in [0.1, 0.15) is 34.9 Å². The number of benzene rings is 2. The van der Waals surface area contributed by atoms with Gasteiger partial charge in [-0.3, -0.25) is 19.2 Å². The number of anilines is 4. The zero-order valence-corrected chi connectivity index (χ0v) is 33.6. The van der Waals surface area contributed by atoms with Crippen molar-refractivity contribution in [2.45, 2.75) is 44.7 Å². The number of fused-ring (bicyclic) bond motifs is 2. The van der Waals surface area contributed by atoms with E-state index in [1.165, 1.54) is 49.6 Å². The van der Waals surface area contributed by atoms with Gasteiger partial charge in [0.25, 0.3) is 0 Å². The largest absolute Gasteiger partial charge is 0.467 e. The minimum atomic E-state index is -1.69. The summed E-state index contributed by atoms with van der Waals surface area (Å²) in [5, 5.41) is 13.6. The first-order valence-corrected chi connectivity index (χ1v) is 18.5. The third-order valence-corrected chi connectivity index (χ3v) is 10.0. The molecule has 0 saturated heterocycles. The quantitative estimate of drug-likeness (QED) is 0.0911. The van der Waals surface area contributed by atoms with Crippen molar-refractivity contribution in [1.29, 1.82) is 0 Å². The maximum atomic E-state index is 14.1. The Bertz CT molecular complexity index is 2800. The predicted molar refractivity (Wildman–Crippen MR) is 213 cm³/mol. The molecule has 2 aliphatic heterocycles. The van der Waals surface area contributed by atoms with Crippen molar-refractivity contribution in [3.63, 3.8) is 0 Å². The van der Waals surface area contributed by atoms with Crippen LogP contribution in [0.5, 0.6) is 12.0 Å². The second-order valence-corrected chi connectivity index (χ2v) is 13.9. The molecule has 0 radical (unpaired) electrons. The SMILES string of the molecule is CCOC(=O)C1(C)C(=O)Nc2nc(-c3nc(OC)n(Cc4ccccc4F)n3)nc(N)c21.COc1nc(-c2nc(N)c3c(n2)NC(=O)C3(C)C(N)=O)nn1Cc1ccccc1F. The Morgan fingerprint density at radius 2 is 1.10 bits per heavy atom. The molecule has 8 rings (SSSR count). The van der Waals surface area contributed by atoms with Crippen molar-refractivity contribution in [3.05, 3.63) is 82.4 Å². The molecule has 6 aromatic rings. The van der Waals surface area contributed by atoms with E-state index in [1.807, 2.05) is 0 Å². The highest BCUT2D eigenvalue weighted by atomic mass is 19.1. The smallest absolute Gasteiger partial charge is 0.326 e. The molecule has 0 saturated carbocycles. The standard InChI is InChI=1S/C20H20FN7O4.C18H17FN8O3/c1-4-32-18(30)20(2)12-13(22)23-15(24-14(12)25-17(20)29)16-26-19(31-3)28(27-16)9-10-7-5-6-8-11(10)21;1-18(15(21)28)10-11(20)22-13(23-12(10)24-16(18)29)14-25-17(30-2)27(26-14)7-8-5-3-4-6-9(8)19/h5-8H,4,9H2,1-3H3,(H3,22,23,24,25,29);3-6H,7H2,1-2H3,(H2,21,28)(H3,20,22,23,24,29). The van der Waals surface area contributed by atoms with E-state index < -0.39 is 46.2 Å². The number of primary amides is 1. The summed E-state index contributed by atoms with van der Waals surface area (Å²) >= 11 is 0. The topological polar surface area (TPSA) is 311 Å². The third-order valence-electron chi connectivity index (χ3n) is 10.0. The molecule has 62 heavy (non-hydrogen) atoms. The third kappa shape index (κ3) is 7.15. The van der Waals surface area contributed by atoms with Crippen LogP contribution in [0.2, 0.25) is 0 Å². The van der Waals surface area contributed by atoms with Crippen LogP contribution in [0.3, 0.4) is 0 Å². The molecular weight excluding hydrogens is 817 g/mol. The number of nitrogens with zero attached hydrogens (tertiary/aromatic N) is 10. The van der Waals surface area contributed by atoms with Crippen LogP contribution < -0.4 is 37.3 Å². The fourth-order valence-electron chi connectivity index (χ4n) is 6.65. The second kappa shape index (κ2) is 16.1. The van der Waals surface area contributed by atoms with Gasteiger partial charge in [0.05, 0.1) is 45.0 Å². The average molecular weight is 854 g/mol. The molecule has 0 spiro atoms. The maximum Gasteiger partial charge on any atom is 0.326 e. The van der Waals surface area contributed by atoms with Gasteiger partial charge in [0.15, 0.2) is 10.8 Å². The van der Waals surface area contributed by atoms with E-state index in [9.17, 15) is 28.0 Å². The number of ether oxygens (including phenoxy) is 3. The van der Waals surface area contributed by atoms with E-state index in [-0.39, 0.29) is 89.4 Å². The highest BCUT2D eigenvalue weighted by Gasteiger charge is 2.54. The number of halogens is 2. The van der Waals surface area contributed by atoms with Gasteiger partial charge in [-0.2, -0.15) is 9.97 Å². The number of nitrogens with two attached hydrogens (primary N) is 3. The van der Waals surface area contributed by atoms with Gasteiger partial charge in [-0.05, 0) is 32.9 Å². The van der Waals surface area contributed by atoms with Crippen LogP contribution in [-0.2, 0) is 47.8 Å². The lowest BCUT2D eigenvalue weighted by molar-refractivity contribution is -0.152. The summed E-state index contributed by atoms with van der Waals surface area (Å²) < 4.78 is 46.2. The second-order valence-electron chi connectivity index (χ2n) is 13.9. The lowest BCUT2D eigenvalue weighted by atomic mass is 9.84. The monoisotopic (exact) mass is 853 g/mol. The molecule has 6 heterocycles. The minimum Gasteiger partial charge on any atom is -0.467 e. The fourth-order valence-corrected chi connectivity index (χ4v) is 6.65. The highest BCUT2D eigenvalue weighted by Crippen LogP contribution is 2.42. The van der Waals surface area contributed by atoms with Gasteiger partial charge >= 0.3 is 18.0 Å². The van der Waals surface area contributed by atoms with Crippen molar-refractivity contribution in [3.8, 4) is 35.3 Å². The number of rotatable bonds is 11. The van der Waals surface area contributed by atoms with Crippen LogP contribution in [0.4, 0.5) is 32.1 Å². The van der Waals surface area contributed by atoms with Gasteiger partial charge in [-0.1, -0.05) is 36.4 Å². The number of carbonyl (C=O) groups is 4. The molecule has 0 aliphatic carbocycles. The molecule has 0 bridgehead atoms. The van der Waals surface area contributed by atoms with Gasteiger partial charge in [0.2, 0.25) is 41.0 Å².